The first kappa shape index (κ1) is 8.11. The molecule has 0 heterocycles. The van der Waals surface area contributed by atoms with Gasteiger partial charge in [-0.25, -0.2) is 8.78 Å². The lowest BCUT2D eigenvalue weighted by Gasteiger charge is -2.10. The van der Waals surface area contributed by atoms with Crippen LogP contribution in [0.2, 0.25) is 0 Å². The summed E-state index contributed by atoms with van der Waals surface area (Å²) in [5.74, 6) is -0.994. The third kappa shape index (κ3) is 1.73. The topological polar surface area (TPSA) is 17.1 Å². The molecule has 0 bridgehead atoms. The van der Waals surface area contributed by atoms with Gasteiger partial charge in [-0.3, -0.25) is 4.79 Å². The van der Waals surface area contributed by atoms with Crippen LogP contribution in [-0.4, -0.2) is 12.0 Å². The van der Waals surface area contributed by atoms with Crippen molar-refractivity contribution in [3.63, 3.8) is 0 Å². The summed E-state index contributed by atoms with van der Waals surface area (Å²) >= 11 is 0. The number of carbonyl (C=O) groups is 1. The van der Waals surface area contributed by atoms with E-state index in [2.05, 4.69) is 0 Å². The number of rotatable bonds is 1. The molecule has 1 atom stereocenters. The van der Waals surface area contributed by atoms with Crippen LogP contribution < -0.4 is 0 Å². The Kier molecular flexibility index (Phi) is 2.17. The van der Waals surface area contributed by atoms with Crippen LogP contribution in [0, 0.1) is 0 Å². The van der Waals surface area contributed by atoms with E-state index in [1.807, 2.05) is 0 Å². The lowest BCUT2D eigenvalue weighted by molar-refractivity contribution is -0.113. The first-order chi connectivity index (χ1) is 5.11. The second kappa shape index (κ2) is 2.95. The van der Waals surface area contributed by atoms with Gasteiger partial charge in [0, 0.05) is 6.42 Å². The van der Waals surface area contributed by atoms with Gasteiger partial charge in [0.25, 0.3) is 0 Å². The highest BCUT2D eigenvalue weighted by molar-refractivity contribution is 5.93. The van der Waals surface area contributed by atoms with Crippen molar-refractivity contribution in [2.24, 2.45) is 0 Å². The highest BCUT2D eigenvalue weighted by atomic mass is 19.2. The second-order valence-electron chi connectivity index (χ2n) is 2.47. The number of hydrogen-bond acceptors (Lipinski definition) is 1. The molecule has 0 radical (unpaired) electrons. The number of hydrogen-bond donors (Lipinski definition) is 0. The zero-order valence-corrected chi connectivity index (χ0v) is 6.10. The zero-order chi connectivity index (χ0) is 8.43. The maximum Gasteiger partial charge on any atom is 0.155 e. The average Bonchev–Trinajstić information content (AvgIpc) is 1.94. The summed E-state index contributed by atoms with van der Waals surface area (Å²) in [5.41, 5.74) is 0.346. The Morgan fingerprint density at radius 2 is 2.27 bits per heavy atom. The molecule has 0 saturated heterocycles. The number of Topliss-reactive ketones (excluding diaryl/α,β-unsaturated/α-hetero) is 1. The molecular weight excluding hydrogens is 150 g/mol. The fourth-order valence-corrected chi connectivity index (χ4v) is 0.904. The molecule has 1 aliphatic carbocycles. The van der Waals surface area contributed by atoms with E-state index in [9.17, 15) is 13.6 Å². The standard InChI is InChI=1S/C8H8F2O/c1-5(11)6-2-3-7(9)8(10)4-6/h2-3,8H,4H2,1H3. The summed E-state index contributed by atoms with van der Waals surface area (Å²) in [6.45, 7) is 1.34. The molecule has 11 heavy (non-hydrogen) atoms. The van der Waals surface area contributed by atoms with Gasteiger partial charge in [-0.1, -0.05) is 6.08 Å². The summed E-state index contributed by atoms with van der Waals surface area (Å²) in [4.78, 5) is 10.7. The van der Waals surface area contributed by atoms with Crippen molar-refractivity contribution in [2.75, 3.05) is 0 Å². The number of ketones is 1. The van der Waals surface area contributed by atoms with E-state index in [0.29, 0.717) is 5.57 Å². The molecular formula is C8H8F2O. The maximum atomic E-state index is 12.6. The Bertz CT molecular complexity index is 240. The minimum Gasteiger partial charge on any atom is -0.295 e. The van der Waals surface area contributed by atoms with Crippen molar-refractivity contribution < 1.29 is 13.6 Å². The molecule has 1 aliphatic rings. The van der Waals surface area contributed by atoms with E-state index in [1.165, 1.54) is 13.0 Å². The predicted molar refractivity (Wildman–Crippen MR) is 37.5 cm³/mol. The molecule has 1 unspecified atom stereocenters. The Morgan fingerprint density at radius 3 is 2.73 bits per heavy atom. The van der Waals surface area contributed by atoms with E-state index < -0.39 is 12.0 Å². The van der Waals surface area contributed by atoms with E-state index in [4.69, 9.17) is 0 Å². The van der Waals surface area contributed by atoms with Crippen molar-refractivity contribution in [2.45, 2.75) is 19.5 Å². The molecule has 0 spiro atoms. The second-order valence-corrected chi connectivity index (χ2v) is 2.47. The van der Waals surface area contributed by atoms with Gasteiger partial charge in [-0.2, -0.15) is 0 Å². The van der Waals surface area contributed by atoms with Crippen LogP contribution in [0.5, 0.6) is 0 Å². The molecule has 3 heteroatoms. The van der Waals surface area contributed by atoms with Gasteiger partial charge in [0.15, 0.2) is 12.0 Å². The Labute approximate surface area is 63.4 Å². The summed E-state index contributed by atoms with van der Waals surface area (Å²) in [6, 6.07) is 0. The van der Waals surface area contributed by atoms with Crippen LogP contribution in [0.15, 0.2) is 23.6 Å². The van der Waals surface area contributed by atoms with Crippen LogP contribution in [0.1, 0.15) is 13.3 Å². The van der Waals surface area contributed by atoms with Gasteiger partial charge in [0.1, 0.15) is 5.83 Å². The molecule has 0 saturated carbocycles. The molecule has 0 fully saturated rings. The van der Waals surface area contributed by atoms with Gasteiger partial charge in [-0.05, 0) is 18.6 Å². The normalized spacial score (nSPS) is 24.1. The number of halogens is 2. The molecule has 0 aromatic carbocycles. The highest BCUT2D eigenvalue weighted by Crippen LogP contribution is 2.22. The maximum absolute atomic E-state index is 12.6. The zero-order valence-electron chi connectivity index (χ0n) is 6.10. The van der Waals surface area contributed by atoms with Crippen molar-refractivity contribution in [1.82, 2.24) is 0 Å². The quantitative estimate of drug-likeness (QED) is 0.571. The Balaban J connectivity index is 2.82. The minimum absolute atomic E-state index is 0.127. The van der Waals surface area contributed by atoms with Crippen LogP contribution in [0.4, 0.5) is 8.78 Å². The van der Waals surface area contributed by atoms with Gasteiger partial charge in [0.05, 0.1) is 0 Å². The molecule has 1 rings (SSSR count). The third-order valence-corrected chi connectivity index (χ3v) is 1.59. The first-order valence-corrected chi connectivity index (χ1v) is 3.32. The van der Waals surface area contributed by atoms with E-state index >= 15 is 0 Å². The van der Waals surface area contributed by atoms with Gasteiger partial charge in [0.2, 0.25) is 0 Å². The molecule has 0 aromatic rings. The van der Waals surface area contributed by atoms with Crippen molar-refractivity contribution >= 4 is 5.78 Å². The van der Waals surface area contributed by atoms with Gasteiger partial charge < -0.3 is 0 Å². The fraction of sp³-hybridized carbons (Fsp3) is 0.375. The molecule has 0 amide bonds. The van der Waals surface area contributed by atoms with E-state index in [-0.39, 0.29) is 12.2 Å². The minimum atomic E-state index is -1.63. The van der Waals surface area contributed by atoms with Crippen molar-refractivity contribution in [1.29, 1.82) is 0 Å². The van der Waals surface area contributed by atoms with Gasteiger partial charge >= 0.3 is 0 Å². The summed E-state index contributed by atoms with van der Waals surface area (Å²) in [5, 5.41) is 0. The third-order valence-electron chi connectivity index (χ3n) is 1.59. The predicted octanol–water partition coefficient (Wildman–Crippen LogP) is 2.10. The van der Waals surface area contributed by atoms with Crippen LogP contribution in [0.25, 0.3) is 0 Å². The first-order valence-electron chi connectivity index (χ1n) is 3.32. The fourth-order valence-electron chi connectivity index (χ4n) is 0.904. The smallest absolute Gasteiger partial charge is 0.155 e. The number of carbonyl (C=O) groups excluding carboxylic acids is 1. The van der Waals surface area contributed by atoms with E-state index in [1.54, 1.807) is 0 Å². The lowest BCUT2D eigenvalue weighted by Crippen LogP contribution is -2.10. The number of allylic oxidation sites excluding steroid dienone is 4. The molecule has 0 N–H and O–H groups in total. The van der Waals surface area contributed by atoms with Gasteiger partial charge in [-0.15, -0.1) is 0 Å². The largest absolute Gasteiger partial charge is 0.295 e. The van der Waals surface area contributed by atoms with Crippen molar-refractivity contribution in [3.05, 3.63) is 23.6 Å². The summed E-state index contributed by atoms with van der Waals surface area (Å²) in [6.07, 6.45) is 0.579. The SMILES string of the molecule is CC(=O)C1=CC=C(F)C(F)C1. The molecule has 60 valence electrons. The van der Waals surface area contributed by atoms with Crippen LogP contribution >= 0.6 is 0 Å². The Hall–Kier alpha value is -0.990. The number of alkyl halides is 1. The van der Waals surface area contributed by atoms with E-state index in [0.717, 1.165) is 6.08 Å². The van der Waals surface area contributed by atoms with Crippen LogP contribution in [-0.2, 0) is 4.79 Å². The molecule has 1 nitrogen and oxygen atoms in total. The Morgan fingerprint density at radius 1 is 1.64 bits per heavy atom. The van der Waals surface area contributed by atoms with Crippen LogP contribution in [0.3, 0.4) is 0 Å². The highest BCUT2D eigenvalue weighted by Gasteiger charge is 2.20. The lowest BCUT2D eigenvalue weighted by atomic mass is 10.00. The van der Waals surface area contributed by atoms with Crippen molar-refractivity contribution in [3.8, 4) is 0 Å². The monoisotopic (exact) mass is 158 g/mol. The summed E-state index contributed by atoms with van der Waals surface area (Å²) < 4.78 is 24.9. The summed E-state index contributed by atoms with van der Waals surface area (Å²) in [7, 11) is 0. The molecule has 0 aliphatic heterocycles. The average molecular weight is 158 g/mol. The molecule has 0 aromatic heterocycles.